The van der Waals surface area contributed by atoms with Gasteiger partial charge in [0.05, 0.1) is 12.5 Å². The summed E-state index contributed by atoms with van der Waals surface area (Å²) in [4.78, 5) is 13.5. The number of halogens is 2. The van der Waals surface area contributed by atoms with Crippen LogP contribution in [0.3, 0.4) is 0 Å². The van der Waals surface area contributed by atoms with Gasteiger partial charge in [0.25, 0.3) is 5.92 Å². The molecule has 1 saturated carbocycles. The lowest BCUT2D eigenvalue weighted by atomic mass is 10.0. The molecule has 92 valence electrons. The van der Waals surface area contributed by atoms with Crippen molar-refractivity contribution < 1.29 is 18.3 Å². The van der Waals surface area contributed by atoms with E-state index in [0.717, 1.165) is 12.8 Å². The maximum absolute atomic E-state index is 12.9. The van der Waals surface area contributed by atoms with E-state index >= 15 is 0 Å². The normalized spacial score (nSPS) is 27.4. The fourth-order valence-electron chi connectivity index (χ4n) is 2.26. The van der Waals surface area contributed by atoms with E-state index in [0.29, 0.717) is 19.6 Å². The minimum atomic E-state index is -2.52. The number of nitrogens with zero attached hydrogens (tertiary/aromatic N) is 1. The molecular weight excluding hydrogens is 216 g/mol. The van der Waals surface area contributed by atoms with Crippen LogP contribution in [0.25, 0.3) is 0 Å². The lowest BCUT2D eigenvalue weighted by Crippen LogP contribution is -2.43. The Morgan fingerprint density at radius 1 is 1.25 bits per heavy atom. The lowest BCUT2D eigenvalue weighted by Gasteiger charge is -2.33. The molecule has 0 unspecified atom stereocenters. The standard InChI is InChI=1S/C11H17F2NO2/c1-16-9(15)10(2-3-10)8-14-6-4-11(12,13)5-7-14/h2-8H2,1H3. The van der Waals surface area contributed by atoms with Crippen molar-refractivity contribution in [1.29, 1.82) is 0 Å². The van der Waals surface area contributed by atoms with Crippen LogP contribution in [0.4, 0.5) is 8.78 Å². The van der Waals surface area contributed by atoms with Crippen LogP contribution in [0.1, 0.15) is 25.7 Å². The molecule has 3 nitrogen and oxygen atoms in total. The molecule has 0 spiro atoms. The SMILES string of the molecule is COC(=O)C1(CN2CCC(F)(F)CC2)CC1. The molecule has 5 heteroatoms. The van der Waals surface area contributed by atoms with Gasteiger partial charge in [0, 0.05) is 32.5 Å². The van der Waals surface area contributed by atoms with Gasteiger partial charge in [0.2, 0.25) is 0 Å². The monoisotopic (exact) mass is 233 g/mol. The predicted octanol–water partition coefficient (Wildman–Crippen LogP) is 1.67. The molecule has 0 amide bonds. The Balaban J connectivity index is 1.85. The van der Waals surface area contributed by atoms with E-state index in [4.69, 9.17) is 4.74 Å². The van der Waals surface area contributed by atoms with Crippen molar-refractivity contribution in [3.8, 4) is 0 Å². The van der Waals surface area contributed by atoms with Crippen LogP contribution in [0.5, 0.6) is 0 Å². The number of alkyl halides is 2. The highest BCUT2D eigenvalue weighted by Gasteiger charge is 2.52. The highest BCUT2D eigenvalue weighted by atomic mass is 19.3. The van der Waals surface area contributed by atoms with E-state index in [-0.39, 0.29) is 24.2 Å². The van der Waals surface area contributed by atoms with Crippen LogP contribution >= 0.6 is 0 Å². The molecule has 1 saturated heterocycles. The number of esters is 1. The van der Waals surface area contributed by atoms with Gasteiger partial charge < -0.3 is 9.64 Å². The third-order valence-corrected chi connectivity index (χ3v) is 3.59. The predicted molar refractivity (Wildman–Crippen MR) is 54.3 cm³/mol. The third kappa shape index (κ3) is 2.34. The van der Waals surface area contributed by atoms with Gasteiger partial charge in [-0.15, -0.1) is 0 Å². The van der Waals surface area contributed by atoms with Crippen LogP contribution in [0.15, 0.2) is 0 Å². The minimum Gasteiger partial charge on any atom is -0.469 e. The first-order chi connectivity index (χ1) is 7.47. The molecule has 0 N–H and O–H groups in total. The molecule has 0 radical (unpaired) electrons. The number of hydrogen-bond acceptors (Lipinski definition) is 3. The Labute approximate surface area is 93.7 Å². The van der Waals surface area contributed by atoms with Crippen molar-refractivity contribution >= 4 is 5.97 Å². The van der Waals surface area contributed by atoms with Crippen molar-refractivity contribution in [3.05, 3.63) is 0 Å². The van der Waals surface area contributed by atoms with Gasteiger partial charge in [-0.05, 0) is 12.8 Å². The van der Waals surface area contributed by atoms with Crippen molar-refractivity contribution in [2.45, 2.75) is 31.6 Å². The molecule has 0 aromatic rings. The Kier molecular flexibility index (Phi) is 2.90. The van der Waals surface area contributed by atoms with Gasteiger partial charge in [0.1, 0.15) is 0 Å². The fraction of sp³-hybridized carbons (Fsp3) is 0.909. The topological polar surface area (TPSA) is 29.5 Å². The number of carbonyl (C=O) groups excluding carboxylic acids is 1. The van der Waals surface area contributed by atoms with Gasteiger partial charge >= 0.3 is 5.97 Å². The molecular formula is C11H17F2NO2. The number of carbonyl (C=O) groups is 1. The van der Waals surface area contributed by atoms with Crippen LogP contribution in [0.2, 0.25) is 0 Å². The van der Waals surface area contributed by atoms with Crippen molar-refractivity contribution in [2.24, 2.45) is 5.41 Å². The zero-order chi connectivity index (χ0) is 11.8. The summed E-state index contributed by atoms with van der Waals surface area (Å²) in [6.07, 6.45) is 1.47. The number of methoxy groups -OCH3 is 1. The third-order valence-electron chi connectivity index (χ3n) is 3.59. The molecule has 2 aliphatic rings. The molecule has 16 heavy (non-hydrogen) atoms. The van der Waals surface area contributed by atoms with Crippen molar-refractivity contribution in [3.63, 3.8) is 0 Å². The summed E-state index contributed by atoms with van der Waals surface area (Å²) in [5, 5.41) is 0. The summed E-state index contributed by atoms with van der Waals surface area (Å²) in [5.41, 5.74) is -0.388. The number of piperidine rings is 1. The van der Waals surface area contributed by atoms with Gasteiger partial charge in [-0.1, -0.05) is 0 Å². The Hall–Kier alpha value is -0.710. The molecule has 0 aromatic carbocycles. The summed E-state index contributed by atoms with van der Waals surface area (Å²) in [7, 11) is 1.38. The molecule has 0 bridgehead atoms. The number of hydrogen-bond donors (Lipinski definition) is 0. The molecule has 1 aliphatic carbocycles. The van der Waals surface area contributed by atoms with Crippen LogP contribution in [-0.2, 0) is 9.53 Å². The van der Waals surface area contributed by atoms with Gasteiger partial charge in [-0.25, -0.2) is 8.78 Å². The quantitative estimate of drug-likeness (QED) is 0.694. The molecule has 1 heterocycles. The highest BCUT2D eigenvalue weighted by molar-refractivity contribution is 5.80. The Bertz CT molecular complexity index is 280. The Morgan fingerprint density at radius 2 is 1.81 bits per heavy atom. The Morgan fingerprint density at radius 3 is 2.25 bits per heavy atom. The molecule has 1 aliphatic heterocycles. The van der Waals surface area contributed by atoms with Gasteiger partial charge in [-0.2, -0.15) is 0 Å². The van der Waals surface area contributed by atoms with Gasteiger partial charge in [-0.3, -0.25) is 4.79 Å². The summed E-state index contributed by atoms with van der Waals surface area (Å²) >= 11 is 0. The first-order valence-electron chi connectivity index (χ1n) is 5.66. The highest BCUT2D eigenvalue weighted by Crippen LogP contribution is 2.47. The van der Waals surface area contributed by atoms with E-state index in [9.17, 15) is 13.6 Å². The second kappa shape index (κ2) is 3.95. The van der Waals surface area contributed by atoms with E-state index < -0.39 is 5.92 Å². The first-order valence-corrected chi connectivity index (χ1v) is 5.66. The molecule has 2 fully saturated rings. The van der Waals surface area contributed by atoms with E-state index in [2.05, 4.69) is 0 Å². The second-order valence-corrected chi connectivity index (χ2v) is 4.90. The van der Waals surface area contributed by atoms with E-state index in [1.807, 2.05) is 4.90 Å². The van der Waals surface area contributed by atoms with E-state index in [1.54, 1.807) is 0 Å². The van der Waals surface area contributed by atoms with E-state index in [1.165, 1.54) is 7.11 Å². The molecule has 2 rings (SSSR count). The smallest absolute Gasteiger partial charge is 0.313 e. The average molecular weight is 233 g/mol. The maximum Gasteiger partial charge on any atom is 0.313 e. The summed E-state index contributed by atoms with van der Waals surface area (Å²) in [5.74, 6) is -2.71. The average Bonchev–Trinajstić information content (AvgIpc) is 3.01. The molecule has 0 aromatic heterocycles. The maximum atomic E-state index is 12.9. The zero-order valence-corrected chi connectivity index (χ0v) is 9.47. The fourth-order valence-corrected chi connectivity index (χ4v) is 2.26. The number of rotatable bonds is 3. The van der Waals surface area contributed by atoms with Gasteiger partial charge in [0.15, 0.2) is 0 Å². The number of ether oxygens (including phenoxy) is 1. The van der Waals surface area contributed by atoms with Crippen molar-refractivity contribution in [1.82, 2.24) is 4.90 Å². The minimum absolute atomic E-state index is 0.0930. The van der Waals surface area contributed by atoms with Crippen molar-refractivity contribution in [2.75, 3.05) is 26.7 Å². The number of likely N-dealkylation sites (tertiary alicyclic amines) is 1. The zero-order valence-electron chi connectivity index (χ0n) is 9.47. The van der Waals surface area contributed by atoms with Crippen LogP contribution in [-0.4, -0.2) is 43.5 Å². The molecule has 0 atom stereocenters. The first kappa shape index (κ1) is 11.8. The summed E-state index contributed by atoms with van der Waals surface area (Å²) in [6, 6.07) is 0. The van der Waals surface area contributed by atoms with Crippen LogP contribution in [0, 0.1) is 5.41 Å². The summed E-state index contributed by atoms with van der Waals surface area (Å²) in [6.45, 7) is 1.34. The largest absolute Gasteiger partial charge is 0.469 e. The second-order valence-electron chi connectivity index (χ2n) is 4.90. The lowest BCUT2D eigenvalue weighted by molar-refractivity contribution is -0.148. The summed E-state index contributed by atoms with van der Waals surface area (Å²) < 4.78 is 30.6. The van der Waals surface area contributed by atoms with Crippen LogP contribution < -0.4 is 0 Å².